The second kappa shape index (κ2) is 7.90. The van der Waals surface area contributed by atoms with E-state index in [1.54, 1.807) is 20.3 Å². The lowest BCUT2D eigenvalue weighted by atomic mass is 9.99. The number of amides is 1. The molecule has 0 aliphatic carbocycles. The molecule has 4 heteroatoms. The fourth-order valence-electron chi connectivity index (χ4n) is 2.63. The number of nitrogens with one attached hydrogen (secondary N) is 1. The number of rotatable bonds is 6. The molecule has 1 N–H and O–H groups in total. The molecular weight excluding hydrogens is 290 g/mol. The SMILES string of the molecule is COC(OC)C(C)NC(=O)C=Cc1c(C)ccc2ccccc12. The molecule has 0 aliphatic rings. The number of methoxy groups -OCH3 is 2. The van der Waals surface area contributed by atoms with Gasteiger partial charge in [0.25, 0.3) is 0 Å². The highest BCUT2D eigenvalue weighted by atomic mass is 16.7. The first-order valence-corrected chi connectivity index (χ1v) is 7.59. The molecule has 4 nitrogen and oxygen atoms in total. The second-order valence-electron chi connectivity index (χ2n) is 5.49. The van der Waals surface area contributed by atoms with Gasteiger partial charge in [-0.2, -0.15) is 0 Å². The summed E-state index contributed by atoms with van der Waals surface area (Å²) in [6.45, 7) is 3.88. The Bertz CT molecular complexity index is 705. The van der Waals surface area contributed by atoms with Crippen molar-refractivity contribution in [2.24, 2.45) is 0 Å². The Hall–Kier alpha value is -2.17. The van der Waals surface area contributed by atoms with E-state index in [2.05, 4.69) is 29.6 Å². The van der Waals surface area contributed by atoms with Crippen molar-refractivity contribution in [3.8, 4) is 0 Å². The molecule has 0 bridgehead atoms. The van der Waals surface area contributed by atoms with Crippen LogP contribution in [-0.2, 0) is 14.3 Å². The van der Waals surface area contributed by atoms with Crippen molar-refractivity contribution in [1.82, 2.24) is 5.32 Å². The average molecular weight is 313 g/mol. The summed E-state index contributed by atoms with van der Waals surface area (Å²) >= 11 is 0. The predicted octanol–water partition coefficient (Wildman–Crippen LogP) is 3.29. The number of fused-ring (bicyclic) bond motifs is 1. The van der Waals surface area contributed by atoms with E-state index in [0.29, 0.717) is 0 Å². The van der Waals surface area contributed by atoms with Gasteiger partial charge in [0.1, 0.15) is 0 Å². The van der Waals surface area contributed by atoms with Gasteiger partial charge in [-0.1, -0.05) is 36.4 Å². The van der Waals surface area contributed by atoms with E-state index in [1.165, 1.54) is 0 Å². The Morgan fingerprint density at radius 3 is 2.52 bits per heavy atom. The Morgan fingerprint density at radius 2 is 1.83 bits per heavy atom. The molecule has 0 saturated heterocycles. The normalized spacial score (nSPS) is 12.9. The van der Waals surface area contributed by atoms with Gasteiger partial charge in [0.15, 0.2) is 6.29 Å². The van der Waals surface area contributed by atoms with Gasteiger partial charge >= 0.3 is 0 Å². The molecule has 2 aromatic carbocycles. The van der Waals surface area contributed by atoms with E-state index in [9.17, 15) is 4.79 Å². The first-order valence-electron chi connectivity index (χ1n) is 7.59. The summed E-state index contributed by atoms with van der Waals surface area (Å²) in [7, 11) is 3.10. The Labute approximate surface area is 137 Å². The van der Waals surface area contributed by atoms with Crippen LogP contribution in [0.15, 0.2) is 42.5 Å². The minimum Gasteiger partial charge on any atom is -0.354 e. The van der Waals surface area contributed by atoms with Crippen molar-refractivity contribution >= 4 is 22.8 Å². The highest BCUT2D eigenvalue weighted by Gasteiger charge is 2.16. The van der Waals surface area contributed by atoms with Gasteiger partial charge in [-0.25, -0.2) is 0 Å². The van der Waals surface area contributed by atoms with Gasteiger partial charge in [0, 0.05) is 20.3 Å². The van der Waals surface area contributed by atoms with Gasteiger partial charge in [-0.05, 0) is 41.8 Å². The maximum Gasteiger partial charge on any atom is 0.244 e. The lowest BCUT2D eigenvalue weighted by Crippen LogP contribution is -2.42. The fraction of sp³-hybridized carbons (Fsp3) is 0.316. The van der Waals surface area contributed by atoms with Crippen molar-refractivity contribution < 1.29 is 14.3 Å². The molecule has 0 spiro atoms. The number of aryl methyl sites for hydroxylation is 1. The topological polar surface area (TPSA) is 47.6 Å². The molecule has 122 valence electrons. The monoisotopic (exact) mass is 313 g/mol. The van der Waals surface area contributed by atoms with Crippen molar-refractivity contribution in [2.45, 2.75) is 26.2 Å². The first-order chi connectivity index (χ1) is 11.1. The molecule has 1 atom stereocenters. The van der Waals surface area contributed by atoms with Gasteiger partial charge in [0.05, 0.1) is 6.04 Å². The molecule has 0 fully saturated rings. The summed E-state index contributed by atoms with van der Waals surface area (Å²) < 4.78 is 10.3. The van der Waals surface area contributed by atoms with Crippen LogP contribution < -0.4 is 5.32 Å². The van der Waals surface area contributed by atoms with E-state index in [4.69, 9.17) is 9.47 Å². The minimum absolute atomic E-state index is 0.177. The summed E-state index contributed by atoms with van der Waals surface area (Å²) in [6.07, 6.45) is 2.94. The van der Waals surface area contributed by atoms with Crippen LogP contribution >= 0.6 is 0 Å². The number of benzene rings is 2. The molecule has 1 unspecified atom stereocenters. The van der Waals surface area contributed by atoms with E-state index in [1.807, 2.05) is 32.1 Å². The summed E-state index contributed by atoms with van der Waals surface area (Å²) in [5, 5.41) is 5.14. The van der Waals surface area contributed by atoms with Crippen LogP contribution in [0.25, 0.3) is 16.8 Å². The summed E-state index contributed by atoms with van der Waals surface area (Å²) in [4.78, 5) is 12.1. The predicted molar refractivity (Wildman–Crippen MR) is 93.1 cm³/mol. The first kappa shape index (κ1) is 17.2. The smallest absolute Gasteiger partial charge is 0.244 e. The van der Waals surface area contributed by atoms with E-state index >= 15 is 0 Å². The molecule has 0 aliphatic heterocycles. The van der Waals surface area contributed by atoms with Gasteiger partial charge in [0.2, 0.25) is 5.91 Å². The third kappa shape index (κ3) is 4.18. The fourth-order valence-corrected chi connectivity index (χ4v) is 2.63. The van der Waals surface area contributed by atoms with Crippen LogP contribution in [0.3, 0.4) is 0 Å². The van der Waals surface area contributed by atoms with Crippen LogP contribution in [0.5, 0.6) is 0 Å². The highest BCUT2D eigenvalue weighted by molar-refractivity contribution is 5.97. The van der Waals surface area contributed by atoms with Crippen molar-refractivity contribution in [1.29, 1.82) is 0 Å². The van der Waals surface area contributed by atoms with Crippen LogP contribution in [0.1, 0.15) is 18.1 Å². The number of carbonyl (C=O) groups is 1. The largest absolute Gasteiger partial charge is 0.354 e. The van der Waals surface area contributed by atoms with E-state index in [-0.39, 0.29) is 11.9 Å². The molecule has 0 saturated carbocycles. The average Bonchev–Trinajstić information content (AvgIpc) is 2.55. The minimum atomic E-state index is -0.466. The van der Waals surface area contributed by atoms with Crippen LogP contribution in [0, 0.1) is 6.92 Å². The zero-order valence-electron chi connectivity index (χ0n) is 14.0. The zero-order chi connectivity index (χ0) is 16.8. The van der Waals surface area contributed by atoms with Crippen LogP contribution in [0.2, 0.25) is 0 Å². The van der Waals surface area contributed by atoms with Gasteiger partial charge < -0.3 is 14.8 Å². The molecule has 0 heterocycles. The lowest BCUT2D eigenvalue weighted by Gasteiger charge is -2.21. The summed E-state index contributed by atoms with van der Waals surface area (Å²) in [5.41, 5.74) is 2.19. The third-order valence-electron chi connectivity index (χ3n) is 3.83. The second-order valence-corrected chi connectivity index (χ2v) is 5.49. The maximum absolute atomic E-state index is 12.1. The van der Waals surface area contributed by atoms with E-state index in [0.717, 1.165) is 21.9 Å². The molecule has 2 rings (SSSR count). The van der Waals surface area contributed by atoms with Crippen molar-refractivity contribution in [2.75, 3.05) is 14.2 Å². The highest BCUT2D eigenvalue weighted by Crippen LogP contribution is 2.23. The van der Waals surface area contributed by atoms with Gasteiger partial charge in [-0.3, -0.25) is 4.79 Å². The van der Waals surface area contributed by atoms with Crippen molar-refractivity contribution in [3.63, 3.8) is 0 Å². The van der Waals surface area contributed by atoms with Gasteiger partial charge in [-0.15, -0.1) is 0 Å². The Kier molecular flexibility index (Phi) is 5.90. The number of hydrogen-bond acceptors (Lipinski definition) is 3. The zero-order valence-corrected chi connectivity index (χ0v) is 14.0. The molecule has 2 aromatic rings. The van der Waals surface area contributed by atoms with Crippen molar-refractivity contribution in [3.05, 3.63) is 53.6 Å². The molecule has 23 heavy (non-hydrogen) atoms. The molecule has 1 amide bonds. The number of carbonyl (C=O) groups excluding carboxylic acids is 1. The number of hydrogen-bond donors (Lipinski definition) is 1. The molecule has 0 radical (unpaired) electrons. The van der Waals surface area contributed by atoms with Crippen LogP contribution in [-0.4, -0.2) is 32.5 Å². The Balaban J connectivity index is 2.17. The third-order valence-corrected chi connectivity index (χ3v) is 3.83. The standard InChI is InChI=1S/C19H23NO3/c1-13-9-10-15-7-5-6-8-17(15)16(13)11-12-18(21)20-14(2)19(22-3)23-4/h5-12,14,19H,1-4H3,(H,20,21). The summed E-state index contributed by atoms with van der Waals surface area (Å²) in [5.74, 6) is -0.177. The summed E-state index contributed by atoms with van der Waals surface area (Å²) in [6, 6.07) is 12.1. The lowest BCUT2D eigenvalue weighted by molar-refractivity contribution is -0.132. The Morgan fingerprint density at radius 1 is 1.13 bits per heavy atom. The molecule has 0 aromatic heterocycles. The van der Waals surface area contributed by atoms with E-state index < -0.39 is 6.29 Å². The molecular formula is C19H23NO3. The maximum atomic E-state index is 12.1. The number of ether oxygens (including phenoxy) is 2. The van der Waals surface area contributed by atoms with Crippen LogP contribution in [0.4, 0.5) is 0 Å². The quantitative estimate of drug-likeness (QED) is 0.657.